The van der Waals surface area contributed by atoms with Crippen molar-refractivity contribution in [2.24, 2.45) is 5.92 Å². The highest BCUT2D eigenvalue weighted by molar-refractivity contribution is 5.99. The quantitative estimate of drug-likeness (QED) is 0.774. The molecule has 0 bridgehead atoms. The molecule has 1 saturated heterocycles. The molecular weight excluding hydrogens is 252 g/mol. The summed E-state index contributed by atoms with van der Waals surface area (Å²) in [7, 11) is 0. The fraction of sp³-hybridized carbons (Fsp3) is 0.588. The molecule has 1 aliphatic heterocycles. The summed E-state index contributed by atoms with van der Waals surface area (Å²) in [5.41, 5.74) is 3.09. The zero-order chi connectivity index (χ0) is 14.5. The molecule has 0 spiro atoms. The second kappa shape index (κ2) is 7.00. The summed E-state index contributed by atoms with van der Waals surface area (Å²) in [6.07, 6.45) is 1.69. The Hall–Kier alpha value is -1.19. The molecule has 1 heterocycles. The first-order valence-electron chi connectivity index (χ1n) is 7.38. The summed E-state index contributed by atoms with van der Waals surface area (Å²) in [5, 5.41) is 0. The van der Waals surface area contributed by atoms with Crippen molar-refractivity contribution in [1.82, 2.24) is 0 Å². The maximum atomic E-state index is 12.3. The summed E-state index contributed by atoms with van der Waals surface area (Å²) >= 11 is 0. The Morgan fingerprint density at radius 3 is 2.65 bits per heavy atom. The van der Waals surface area contributed by atoms with Crippen LogP contribution in [0.25, 0.3) is 0 Å². The third kappa shape index (κ3) is 3.90. The number of Topliss-reactive ketones (excluding diaryl/α,β-unsaturated/α-hetero) is 1. The average Bonchev–Trinajstić information content (AvgIpc) is 2.48. The molecule has 2 rings (SSSR count). The molecule has 1 aromatic carbocycles. The smallest absolute Gasteiger partial charge is 0.191 e. The Labute approximate surface area is 121 Å². The van der Waals surface area contributed by atoms with Gasteiger partial charge in [-0.1, -0.05) is 12.1 Å². The second-order valence-electron chi connectivity index (χ2n) is 5.69. The largest absolute Gasteiger partial charge is 0.381 e. The van der Waals surface area contributed by atoms with E-state index in [0.717, 1.165) is 37.2 Å². The number of rotatable bonds is 5. The van der Waals surface area contributed by atoms with Gasteiger partial charge in [0.05, 0.1) is 6.61 Å². The Morgan fingerprint density at radius 2 is 2.00 bits per heavy atom. The van der Waals surface area contributed by atoms with Crippen LogP contribution in [-0.2, 0) is 9.47 Å². The second-order valence-corrected chi connectivity index (χ2v) is 5.69. The molecule has 20 heavy (non-hydrogen) atoms. The molecule has 0 aliphatic carbocycles. The third-order valence-corrected chi connectivity index (χ3v) is 4.08. The first-order valence-corrected chi connectivity index (χ1v) is 7.38. The van der Waals surface area contributed by atoms with Crippen LogP contribution in [0.1, 0.15) is 41.3 Å². The van der Waals surface area contributed by atoms with E-state index in [9.17, 15) is 4.79 Å². The lowest BCUT2D eigenvalue weighted by atomic mass is 10.0. The van der Waals surface area contributed by atoms with Gasteiger partial charge in [-0.25, -0.2) is 0 Å². The molecule has 3 heteroatoms. The normalized spacial score (nSPS) is 17.9. The monoisotopic (exact) mass is 276 g/mol. The first kappa shape index (κ1) is 15.2. The molecule has 110 valence electrons. The summed E-state index contributed by atoms with van der Waals surface area (Å²) in [4.78, 5) is 12.3. The number of benzene rings is 1. The maximum Gasteiger partial charge on any atom is 0.191 e. The molecule has 0 radical (unpaired) electrons. The van der Waals surface area contributed by atoms with E-state index in [1.165, 1.54) is 5.56 Å². The third-order valence-electron chi connectivity index (χ3n) is 4.08. The van der Waals surface area contributed by atoms with Gasteiger partial charge in [0.1, 0.15) is 6.10 Å². The van der Waals surface area contributed by atoms with Gasteiger partial charge >= 0.3 is 0 Å². The zero-order valence-electron chi connectivity index (χ0n) is 12.6. The predicted molar refractivity (Wildman–Crippen MR) is 79.2 cm³/mol. The van der Waals surface area contributed by atoms with E-state index in [-0.39, 0.29) is 11.9 Å². The number of aryl methyl sites for hydroxylation is 2. The molecule has 0 amide bonds. The van der Waals surface area contributed by atoms with Crippen molar-refractivity contribution >= 4 is 5.78 Å². The van der Waals surface area contributed by atoms with Crippen LogP contribution < -0.4 is 0 Å². The van der Waals surface area contributed by atoms with Crippen LogP contribution in [0.4, 0.5) is 0 Å². The fourth-order valence-corrected chi connectivity index (χ4v) is 2.40. The van der Waals surface area contributed by atoms with Crippen molar-refractivity contribution < 1.29 is 14.3 Å². The van der Waals surface area contributed by atoms with Crippen LogP contribution in [0, 0.1) is 19.8 Å². The molecule has 0 aromatic heterocycles. The molecule has 1 aliphatic rings. The van der Waals surface area contributed by atoms with Gasteiger partial charge in [0.15, 0.2) is 5.78 Å². The van der Waals surface area contributed by atoms with E-state index >= 15 is 0 Å². The predicted octanol–water partition coefficient (Wildman–Crippen LogP) is 3.32. The molecular formula is C17H24O3. The number of carbonyl (C=O) groups is 1. The number of hydrogen-bond donors (Lipinski definition) is 0. The topological polar surface area (TPSA) is 35.5 Å². The molecule has 1 fully saturated rings. The van der Waals surface area contributed by atoms with Crippen molar-refractivity contribution in [3.05, 3.63) is 34.9 Å². The van der Waals surface area contributed by atoms with E-state index in [1.54, 1.807) is 0 Å². The van der Waals surface area contributed by atoms with Crippen LogP contribution in [0.5, 0.6) is 0 Å². The van der Waals surface area contributed by atoms with Gasteiger partial charge in [-0.2, -0.15) is 0 Å². The highest BCUT2D eigenvalue weighted by Gasteiger charge is 2.20. The van der Waals surface area contributed by atoms with E-state index in [4.69, 9.17) is 9.47 Å². The lowest BCUT2D eigenvalue weighted by molar-refractivity contribution is -0.000216. The SMILES string of the molecule is Cc1ccc(C(=O)C(C)OCC2CCOCC2)cc1C. The summed E-state index contributed by atoms with van der Waals surface area (Å²) in [6.45, 7) is 8.20. The van der Waals surface area contributed by atoms with Gasteiger partial charge in [0, 0.05) is 18.8 Å². The highest BCUT2D eigenvalue weighted by atomic mass is 16.5. The summed E-state index contributed by atoms with van der Waals surface area (Å²) in [5.74, 6) is 0.596. The average molecular weight is 276 g/mol. The van der Waals surface area contributed by atoms with Crippen molar-refractivity contribution in [2.45, 2.75) is 39.7 Å². The Kier molecular flexibility index (Phi) is 5.32. The van der Waals surface area contributed by atoms with Crippen LogP contribution >= 0.6 is 0 Å². The zero-order valence-corrected chi connectivity index (χ0v) is 12.6. The van der Waals surface area contributed by atoms with Crippen molar-refractivity contribution in [1.29, 1.82) is 0 Å². The van der Waals surface area contributed by atoms with Crippen LogP contribution in [-0.4, -0.2) is 31.7 Å². The van der Waals surface area contributed by atoms with Gasteiger partial charge in [-0.3, -0.25) is 4.79 Å². The van der Waals surface area contributed by atoms with Gasteiger partial charge in [-0.05, 0) is 56.7 Å². The van der Waals surface area contributed by atoms with Crippen LogP contribution in [0.3, 0.4) is 0 Å². The number of carbonyl (C=O) groups excluding carboxylic acids is 1. The van der Waals surface area contributed by atoms with Gasteiger partial charge in [0.25, 0.3) is 0 Å². The van der Waals surface area contributed by atoms with E-state index < -0.39 is 0 Å². The van der Waals surface area contributed by atoms with Crippen LogP contribution in [0.15, 0.2) is 18.2 Å². The lowest BCUT2D eigenvalue weighted by Gasteiger charge is -2.23. The summed E-state index contributed by atoms with van der Waals surface area (Å²) < 4.78 is 11.1. The van der Waals surface area contributed by atoms with Gasteiger partial charge in [-0.15, -0.1) is 0 Å². The van der Waals surface area contributed by atoms with E-state index in [1.807, 2.05) is 32.0 Å². The molecule has 1 atom stereocenters. The Balaban J connectivity index is 1.89. The molecule has 0 N–H and O–H groups in total. The minimum atomic E-state index is -0.375. The summed E-state index contributed by atoms with van der Waals surface area (Å²) in [6, 6.07) is 5.83. The number of ketones is 1. The molecule has 3 nitrogen and oxygen atoms in total. The fourth-order valence-electron chi connectivity index (χ4n) is 2.40. The van der Waals surface area contributed by atoms with E-state index in [0.29, 0.717) is 12.5 Å². The Morgan fingerprint density at radius 1 is 1.30 bits per heavy atom. The number of ether oxygens (including phenoxy) is 2. The van der Waals surface area contributed by atoms with Crippen molar-refractivity contribution in [3.8, 4) is 0 Å². The molecule has 1 unspecified atom stereocenters. The molecule has 1 aromatic rings. The number of hydrogen-bond acceptors (Lipinski definition) is 3. The van der Waals surface area contributed by atoms with Crippen molar-refractivity contribution in [2.75, 3.05) is 19.8 Å². The maximum absolute atomic E-state index is 12.3. The molecule has 0 saturated carbocycles. The standard InChI is InChI=1S/C17H24O3/c1-12-4-5-16(10-13(12)2)17(18)14(3)20-11-15-6-8-19-9-7-15/h4-5,10,14-15H,6-9,11H2,1-3H3. The Bertz CT molecular complexity index is 461. The first-order chi connectivity index (χ1) is 9.58. The van der Waals surface area contributed by atoms with E-state index in [2.05, 4.69) is 6.92 Å². The minimum absolute atomic E-state index is 0.0696. The van der Waals surface area contributed by atoms with Crippen molar-refractivity contribution in [3.63, 3.8) is 0 Å². The van der Waals surface area contributed by atoms with Gasteiger partial charge < -0.3 is 9.47 Å². The van der Waals surface area contributed by atoms with Crippen LogP contribution in [0.2, 0.25) is 0 Å². The highest BCUT2D eigenvalue weighted by Crippen LogP contribution is 2.17. The lowest BCUT2D eigenvalue weighted by Crippen LogP contribution is -2.27. The minimum Gasteiger partial charge on any atom is -0.381 e. The van der Waals surface area contributed by atoms with Gasteiger partial charge in [0.2, 0.25) is 0 Å².